The standard InChI is InChI=1S/C30H41BN2O8/c1-6-28(4)14-24(29(5)17(2)9-11-30(18(3)27(28)36)12-10-22(34)26(29)30)40-25(35)15-32-19-7-8-20-21(13-19)31(37)41-23(20)16-33(38)39/h6-8,13,17-18,23-24,26-27,32,36-37H,1,9-12,14-16H2,2-5H3/t17-,18-,23?,24+,26-,27-,28+,29-,30-/m0/s1. The molecule has 41 heavy (non-hydrogen) atoms. The number of Topliss-reactive ketones (excluding diaryl/α,β-unsaturated/α-hetero) is 1. The summed E-state index contributed by atoms with van der Waals surface area (Å²) in [7, 11) is -1.29. The van der Waals surface area contributed by atoms with Crippen molar-refractivity contribution in [3.05, 3.63) is 46.5 Å². The average molecular weight is 568 g/mol. The summed E-state index contributed by atoms with van der Waals surface area (Å²) in [6, 6.07) is 4.95. The first kappa shape index (κ1) is 29.7. The lowest BCUT2D eigenvalue weighted by Gasteiger charge is -2.61. The number of ketones is 1. The van der Waals surface area contributed by atoms with Gasteiger partial charge in [0.1, 0.15) is 24.5 Å². The summed E-state index contributed by atoms with van der Waals surface area (Å²) < 4.78 is 11.6. The number of hydrogen-bond acceptors (Lipinski definition) is 9. The lowest BCUT2D eigenvalue weighted by molar-refractivity contribution is -0.490. The monoisotopic (exact) mass is 568 g/mol. The number of carbonyl (C=O) groups is 2. The zero-order chi connectivity index (χ0) is 29.9. The number of ether oxygens (including phenoxy) is 1. The number of rotatable bonds is 7. The van der Waals surface area contributed by atoms with Crippen molar-refractivity contribution in [3.8, 4) is 0 Å². The van der Waals surface area contributed by atoms with Gasteiger partial charge in [0.15, 0.2) is 0 Å². The van der Waals surface area contributed by atoms with Crippen molar-refractivity contribution in [3.63, 3.8) is 0 Å². The molecule has 4 aliphatic rings. The third-order valence-corrected chi connectivity index (χ3v) is 11.3. The maximum Gasteiger partial charge on any atom is 0.492 e. The Labute approximate surface area is 241 Å². The Kier molecular flexibility index (Phi) is 7.62. The number of benzene rings is 1. The van der Waals surface area contributed by atoms with Gasteiger partial charge in [-0.1, -0.05) is 39.8 Å². The van der Waals surface area contributed by atoms with E-state index >= 15 is 0 Å². The Morgan fingerprint density at radius 2 is 2.07 bits per heavy atom. The van der Waals surface area contributed by atoms with Crippen LogP contribution in [0.4, 0.5) is 5.69 Å². The van der Waals surface area contributed by atoms with E-state index in [-0.39, 0.29) is 35.5 Å². The molecule has 9 atom stereocenters. The van der Waals surface area contributed by atoms with Crippen LogP contribution >= 0.6 is 0 Å². The lowest BCUT2D eigenvalue weighted by atomic mass is 9.44. The molecule has 3 aliphatic carbocycles. The Bertz CT molecular complexity index is 1260. The third kappa shape index (κ3) is 4.70. The van der Waals surface area contributed by atoms with Gasteiger partial charge in [-0.05, 0) is 66.1 Å². The first-order valence-corrected chi connectivity index (χ1v) is 14.6. The summed E-state index contributed by atoms with van der Waals surface area (Å²) in [5, 5.41) is 35.9. The molecule has 2 bridgehead atoms. The maximum atomic E-state index is 13.5. The van der Waals surface area contributed by atoms with Gasteiger partial charge in [0, 0.05) is 33.8 Å². The number of aliphatic hydroxyl groups excluding tert-OH is 1. The van der Waals surface area contributed by atoms with Gasteiger partial charge in [-0.25, -0.2) is 0 Å². The van der Waals surface area contributed by atoms with Crippen LogP contribution in [0.25, 0.3) is 0 Å². The van der Waals surface area contributed by atoms with Gasteiger partial charge in [0.25, 0.3) is 0 Å². The van der Waals surface area contributed by atoms with Gasteiger partial charge >= 0.3 is 13.1 Å². The molecular weight excluding hydrogens is 527 g/mol. The van der Waals surface area contributed by atoms with Gasteiger partial charge < -0.3 is 24.8 Å². The minimum atomic E-state index is -1.29. The first-order chi connectivity index (χ1) is 19.3. The molecule has 5 rings (SSSR count). The fraction of sp³-hybridized carbons (Fsp3) is 0.667. The van der Waals surface area contributed by atoms with Crippen LogP contribution in [0.1, 0.15) is 71.5 Å². The predicted octanol–water partition coefficient (Wildman–Crippen LogP) is 3.04. The van der Waals surface area contributed by atoms with Gasteiger partial charge in [-0.15, -0.1) is 6.58 Å². The van der Waals surface area contributed by atoms with E-state index in [1.165, 1.54) is 0 Å². The molecule has 222 valence electrons. The van der Waals surface area contributed by atoms with Crippen molar-refractivity contribution in [1.82, 2.24) is 0 Å². The van der Waals surface area contributed by atoms with Gasteiger partial charge in [0.2, 0.25) is 6.54 Å². The predicted molar refractivity (Wildman–Crippen MR) is 153 cm³/mol. The van der Waals surface area contributed by atoms with E-state index in [0.29, 0.717) is 29.6 Å². The SMILES string of the molecule is C=C[C@]1(C)C[C@@H](OC(=O)CNc2ccc3c(c2)B(O)OC3C[N+](=O)[O-])[C@@]2(C)[C@@H]3C(=O)CC[C@@]3(CC[C@@H]2C)[C@@H](C)[C@@H]1O. The molecule has 0 spiro atoms. The highest BCUT2D eigenvalue weighted by Crippen LogP contribution is 2.68. The van der Waals surface area contributed by atoms with Crippen LogP contribution in [0.3, 0.4) is 0 Å². The van der Waals surface area contributed by atoms with Crippen LogP contribution in [0.15, 0.2) is 30.9 Å². The van der Waals surface area contributed by atoms with Gasteiger partial charge in [0.05, 0.1) is 6.10 Å². The lowest BCUT2D eigenvalue weighted by Crippen LogP contribution is -2.63. The number of nitrogens with one attached hydrogen (secondary N) is 1. The highest BCUT2D eigenvalue weighted by molar-refractivity contribution is 6.61. The van der Waals surface area contributed by atoms with Gasteiger partial charge in [-0.3, -0.25) is 19.7 Å². The quantitative estimate of drug-likeness (QED) is 0.148. The number of nitrogens with zero attached hydrogens (tertiary/aromatic N) is 1. The van der Waals surface area contributed by atoms with E-state index in [2.05, 4.69) is 32.7 Å². The van der Waals surface area contributed by atoms with Crippen LogP contribution < -0.4 is 10.8 Å². The van der Waals surface area contributed by atoms with Crippen LogP contribution in [0.5, 0.6) is 0 Å². The number of nitro groups is 1. The second-order valence-corrected chi connectivity index (χ2v) is 13.3. The molecule has 1 aliphatic heterocycles. The molecule has 3 saturated carbocycles. The molecule has 1 unspecified atom stereocenters. The summed E-state index contributed by atoms with van der Waals surface area (Å²) in [5.74, 6) is -0.558. The summed E-state index contributed by atoms with van der Waals surface area (Å²) in [6.45, 7) is 11.7. The topological polar surface area (TPSA) is 148 Å². The zero-order valence-electron chi connectivity index (χ0n) is 24.3. The van der Waals surface area contributed by atoms with Crippen molar-refractivity contribution in [2.24, 2.45) is 34.0 Å². The summed E-state index contributed by atoms with van der Waals surface area (Å²) in [6.07, 6.45) is 2.93. The number of fused-ring (bicyclic) bond motifs is 1. The van der Waals surface area contributed by atoms with E-state index in [4.69, 9.17) is 9.39 Å². The number of carbonyl (C=O) groups excluding carboxylic acids is 2. The van der Waals surface area contributed by atoms with E-state index in [1.807, 2.05) is 6.92 Å². The van der Waals surface area contributed by atoms with Crippen molar-refractivity contribution in [2.45, 2.75) is 78.1 Å². The Hall–Kier alpha value is -2.76. The number of esters is 1. The van der Waals surface area contributed by atoms with Crippen LogP contribution in [-0.2, 0) is 19.0 Å². The third-order valence-electron chi connectivity index (χ3n) is 11.3. The molecule has 0 radical (unpaired) electrons. The molecule has 1 aromatic rings. The van der Waals surface area contributed by atoms with E-state index in [1.54, 1.807) is 24.3 Å². The van der Waals surface area contributed by atoms with Crippen molar-refractivity contribution >= 4 is 30.0 Å². The fourth-order valence-corrected chi connectivity index (χ4v) is 8.65. The Balaban J connectivity index is 1.38. The maximum absolute atomic E-state index is 13.5. The molecule has 1 aromatic carbocycles. The molecule has 10 nitrogen and oxygen atoms in total. The molecule has 0 saturated heterocycles. The van der Waals surface area contributed by atoms with Crippen molar-refractivity contribution in [2.75, 3.05) is 18.4 Å². The van der Waals surface area contributed by atoms with Crippen LogP contribution in [0.2, 0.25) is 0 Å². The minimum absolute atomic E-state index is 0.101. The minimum Gasteiger partial charge on any atom is -0.460 e. The van der Waals surface area contributed by atoms with Crippen LogP contribution in [-0.4, -0.2) is 59.2 Å². The Morgan fingerprint density at radius 3 is 2.76 bits per heavy atom. The van der Waals surface area contributed by atoms with Gasteiger partial charge in [-0.2, -0.15) is 0 Å². The van der Waals surface area contributed by atoms with E-state index in [9.17, 15) is 29.8 Å². The molecule has 3 N–H and O–H groups in total. The molecule has 0 amide bonds. The van der Waals surface area contributed by atoms with Crippen LogP contribution in [0, 0.1) is 44.1 Å². The number of aliphatic hydroxyl groups is 1. The first-order valence-electron chi connectivity index (χ1n) is 14.6. The van der Waals surface area contributed by atoms with Crippen molar-refractivity contribution < 1.29 is 34.0 Å². The molecule has 0 aromatic heterocycles. The fourth-order valence-electron chi connectivity index (χ4n) is 8.65. The van der Waals surface area contributed by atoms with E-state index < -0.39 is 53.7 Å². The molecule has 11 heteroatoms. The van der Waals surface area contributed by atoms with E-state index in [0.717, 1.165) is 19.3 Å². The summed E-state index contributed by atoms with van der Waals surface area (Å²) in [5.41, 5.74) is -0.162. The highest BCUT2D eigenvalue weighted by Gasteiger charge is 2.68. The highest BCUT2D eigenvalue weighted by atomic mass is 16.6. The largest absolute Gasteiger partial charge is 0.492 e. The second-order valence-electron chi connectivity index (χ2n) is 13.3. The Morgan fingerprint density at radius 1 is 1.34 bits per heavy atom. The normalized spacial score (nSPS) is 39.8. The smallest absolute Gasteiger partial charge is 0.460 e. The summed E-state index contributed by atoms with van der Waals surface area (Å²) >= 11 is 0. The number of hydrogen-bond donors (Lipinski definition) is 3. The number of anilines is 1. The average Bonchev–Trinajstić information content (AvgIpc) is 3.44. The molecule has 3 fully saturated rings. The second kappa shape index (κ2) is 10.5. The summed E-state index contributed by atoms with van der Waals surface area (Å²) in [4.78, 5) is 37.4. The molecular formula is C30H41BN2O8. The van der Waals surface area contributed by atoms with Crippen molar-refractivity contribution in [1.29, 1.82) is 0 Å². The zero-order valence-corrected chi connectivity index (χ0v) is 24.3. The molecule has 1 heterocycles.